The molecule has 1 saturated carbocycles. The summed E-state index contributed by atoms with van der Waals surface area (Å²) in [6, 6.07) is 7.79. The van der Waals surface area contributed by atoms with E-state index in [9.17, 15) is 13.2 Å². The van der Waals surface area contributed by atoms with Crippen molar-refractivity contribution in [2.75, 3.05) is 18.5 Å². The minimum Gasteiger partial charge on any atom is -0.368 e. The molecule has 3 aromatic rings. The summed E-state index contributed by atoms with van der Waals surface area (Å²) >= 11 is 7.69. The summed E-state index contributed by atoms with van der Waals surface area (Å²) in [6.45, 7) is 2.63. The fraction of sp³-hybridized carbons (Fsp3) is 0.400. The molecule has 1 fully saturated rings. The van der Waals surface area contributed by atoms with Gasteiger partial charge >= 0.3 is 10.3 Å². The van der Waals surface area contributed by atoms with Crippen LogP contribution in [-0.4, -0.2) is 43.4 Å². The lowest BCUT2D eigenvalue weighted by Crippen LogP contribution is -2.22. The highest BCUT2D eigenvalue weighted by Crippen LogP contribution is 2.39. The molecule has 2 aliphatic rings. The van der Waals surface area contributed by atoms with E-state index in [0.29, 0.717) is 34.3 Å². The molecule has 12 heteroatoms. The van der Waals surface area contributed by atoms with E-state index in [1.807, 2.05) is 31.2 Å². The van der Waals surface area contributed by atoms with Crippen molar-refractivity contribution in [3.8, 4) is 0 Å². The number of aryl methyl sites for hydroxylation is 1. The van der Waals surface area contributed by atoms with Crippen molar-refractivity contribution >= 4 is 44.8 Å². The minimum atomic E-state index is -3.97. The molecule has 1 aliphatic carbocycles. The second kappa shape index (κ2) is 10.8. The number of carbonyl (C=O) groups excluding carboxylic acids is 1. The summed E-state index contributed by atoms with van der Waals surface area (Å²) in [6.07, 6.45) is 5.72. The van der Waals surface area contributed by atoms with Crippen molar-refractivity contribution in [2.24, 2.45) is 11.1 Å². The molecule has 5 rings (SSSR count). The molecule has 0 radical (unpaired) electrons. The fourth-order valence-electron chi connectivity index (χ4n) is 5.03. The molecule has 0 saturated heterocycles. The van der Waals surface area contributed by atoms with Crippen LogP contribution in [0.3, 0.4) is 0 Å². The van der Waals surface area contributed by atoms with Crippen LogP contribution >= 0.6 is 22.9 Å². The highest BCUT2D eigenvalue weighted by Gasteiger charge is 2.30. The second-order valence-electron chi connectivity index (χ2n) is 9.38. The van der Waals surface area contributed by atoms with E-state index in [1.54, 1.807) is 0 Å². The summed E-state index contributed by atoms with van der Waals surface area (Å²) in [7, 11) is -3.97. The Bertz CT molecular complexity index is 1430. The van der Waals surface area contributed by atoms with Crippen LogP contribution in [0.25, 0.3) is 0 Å². The molecule has 1 aromatic carbocycles. The lowest BCUT2D eigenvalue weighted by Gasteiger charge is -2.26. The van der Waals surface area contributed by atoms with Gasteiger partial charge < -0.3 is 10.1 Å². The first-order valence-corrected chi connectivity index (χ1v) is 14.6. The lowest BCUT2D eigenvalue weighted by atomic mass is 9.93. The number of ketones is 1. The molecule has 0 bridgehead atoms. The van der Waals surface area contributed by atoms with Crippen molar-refractivity contribution in [2.45, 2.75) is 44.8 Å². The molecule has 3 N–H and O–H groups in total. The maximum Gasteiger partial charge on any atom is 0.333 e. The lowest BCUT2D eigenvalue weighted by molar-refractivity contribution is 0.0697. The van der Waals surface area contributed by atoms with E-state index >= 15 is 0 Å². The predicted octanol–water partition coefficient (Wildman–Crippen LogP) is 4.19. The molecule has 0 amide bonds. The summed E-state index contributed by atoms with van der Waals surface area (Å²) in [5, 5.41) is 8.94. The molecular formula is C25H27ClN4O5S2. The number of anilines is 1. The Hall–Kier alpha value is -2.41. The maximum atomic E-state index is 13.6. The van der Waals surface area contributed by atoms with Gasteiger partial charge in [-0.15, -0.1) is 11.3 Å². The van der Waals surface area contributed by atoms with E-state index in [2.05, 4.69) is 15.3 Å². The van der Waals surface area contributed by atoms with Gasteiger partial charge in [0.1, 0.15) is 18.2 Å². The average Bonchev–Trinajstić information content (AvgIpc) is 3.48. The monoisotopic (exact) mass is 562 g/mol. The smallest absolute Gasteiger partial charge is 0.333 e. The number of benzene rings is 1. The zero-order valence-electron chi connectivity index (χ0n) is 20.1. The van der Waals surface area contributed by atoms with Gasteiger partial charge in [0.25, 0.3) is 0 Å². The third-order valence-electron chi connectivity index (χ3n) is 6.82. The van der Waals surface area contributed by atoms with Crippen molar-refractivity contribution in [3.63, 3.8) is 0 Å². The van der Waals surface area contributed by atoms with Gasteiger partial charge in [0.15, 0.2) is 0 Å². The van der Waals surface area contributed by atoms with Crippen molar-refractivity contribution in [1.29, 1.82) is 0 Å². The Kier molecular flexibility index (Phi) is 7.62. The highest BCUT2D eigenvalue weighted by atomic mass is 35.5. The number of nitrogens with one attached hydrogen (secondary N) is 1. The third kappa shape index (κ3) is 6.02. The molecule has 9 nitrogen and oxygen atoms in total. The van der Waals surface area contributed by atoms with Gasteiger partial charge in [0, 0.05) is 22.1 Å². The van der Waals surface area contributed by atoms with Crippen LogP contribution < -0.4 is 10.5 Å². The number of rotatable bonds is 8. The molecule has 37 heavy (non-hydrogen) atoms. The number of nitrogens with two attached hydrogens (primary N) is 1. The van der Waals surface area contributed by atoms with Gasteiger partial charge in [-0.3, -0.25) is 8.98 Å². The molecule has 1 aliphatic heterocycles. The molecule has 0 unspecified atom stereocenters. The molecule has 3 heterocycles. The molecule has 0 spiro atoms. The largest absolute Gasteiger partial charge is 0.368 e. The van der Waals surface area contributed by atoms with Gasteiger partial charge in [-0.05, 0) is 73.4 Å². The van der Waals surface area contributed by atoms with E-state index < -0.39 is 10.3 Å². The minimum absolute atomic E-state index is 0.0213. The molecular weight excluding hydrogens is 536 g/mol. The topological polar surface area (TPSA) is 133 Å². The first-order chi connectivity index (χ1) is 17.7. The van der Waals surface area contributed by atoms with Crippen LogP contribution in [0.5, 0.6) is 0 Å². The van der Waals surface area contributed by atoms with Gasteiger partial charge in [-0.2, -0.15) is 8.42 Å². The first-order valence-electron chi connectivity index (χ1n) is 12.0. The standard InChI is InChI=1S/C25H27ClN4O5S2/c1-14-19(24-20-9-17(26)4-3-16(20)6-7-34-24)10-22(36-14)23(31)21-11-28-13-29-25(21)30-18-5-2-15(8-18)12-35-37(27,32)33/h3-4,9-11,13,15,18,24H,2,5-8,12H2,1H3,(H2,27,32,33)(H,28,29,30)/t15-,18-,24+/m1/s1. The summed E-state index contributed by atoms with van der Waals surface area (Å²) in [5.41, 5.74) is 3.57. The first kappa shape index (κ1) is 26.2. The predicted molar refractivity (Wildman–Crippen MR) is 141 cm³/mol. The Labute approximate surface area is 224 Å². The number of carbonyl (C=O) groups is 1. The number of aromatic nitrogens is 2. The number of hydrogen-bond acceptors (Lipinski definition) is 9. The SMILES string of the molecule is Cc1sc(C(=O)c2cncnc2N[C@@H]2CC[C@@H](COS(N)(=O)=O)C2)cc1[C@@H]1OCCc2ccc(Cl)cc21. The quantitative estimate of drug-likeness (QED) is 0.390. The number of hydrogen-bond donors (Lipinski definition) is 2. The fourth-order valence-corrected chi connectivity index (χ4v) is 6.59. The highest BCUT2D eigenvalue weighted by molar-refractivity contribution is 7.84. The van der Waals surface area contributed by atoms with Crippen LogP contribution in [0, 0.1) is 12.8 Å². The van der Waals surface area contributed by atoms with Crippen molar-refractivity contribution in [1.82, 2.24) is 9.97 Å². The van der Waals surface area contributed by atoms with Gasteiger partial charge in [0.05, 0.1) is 23.7 Å². The number of halogens is 1. The molecule has 196 valence electrons. The van der Waals surface area contributed by atoms with E-state index in [1.165, 1.54) is 29.4 Å². The number of nitrogens with zero attached hydrogens (tertiary/aromatic N) is 2. The summed E-state index contributed by atoms with van der Waals surface area (Å²) in [4.78, 5) is 23.6. The summed E-state index contributed by atoms with van der Waals surface area (Å²) in [5.74, 6) is 0.333. The van der Waals surface area contributed by atoms with E-state index in [4.69, 9.17) is 25.7 Å². The molecule has 2 aromatic heterocycles. The Morgan fingerprint density at radius 1 is 1.30 bits per heavy atom. The van der Waals surface area contributed by atoms with Crippen molar-refractivity contribution in [3.05, 3.63) is 73.8 Å². The summed E-state index contributed by atoms with van der Waals surface area (Å²) < 4.78 is 33.1. The van der Waals surface area contributed by atoms with Gasteiger partial charge in [-0.25, -0.2) is 15.1 Å². The zero-order chi connectivity index (χ0) is 26.2. The zero-order valence-corrected chi connectivity index (χ0v) is 22.5. The Balaban J connectivity index is 1.34. The van der Waals surface area contributed by atoms with Crippen LogP contribution in [0.1, 0.15) is 62.2 Å². The number of thiophene rings is 1. The Morgan fingerprint density at radius 3 is 2.95 bits per heavy atom. The Morgan fingerprint density at radius 2 is 2.14 bits per heavy atom. The number of ether oxygens (including phenoxy) is 1. The van der Waals surface area contributed by atoms with Crippen LogP contribution in [0.15, 0.2) is 36.8 Å². The van der Waals surface area contributed by atoms with E-state index in [-0.39, 0.29) is 30.5 Å². The number of fused-ring (bicyclic) bond motifs is 1. The van der Waals surface area contributed by atoms with Gasteiger partial charge in [-0.1, -0.05) is 17.7 Å². The molecule has 3 atom stereocenters. The van der Waals surface area contributed by atoms with Crippen LogP contribution in [0.4, 0.5) is 5.82 Å². The average molecular weight is 563 g/mol. The third-order valence-corrected chi connectivity index (χ3v) is 8.58. The van der Waals surface area contributed by atoms with Crippen molar-refractivity contribution < 1.29 is 22.1 Å². The van der Waals surface area contributed by atoms with Crippen LogP contribution in [-0.2, 0) is 25.6 Å². The normalized spacial score (nSPS) is 21.5. The van der Waals surface area contributed by atoms with E-state index in [0.717, 1.165) is 35.3 Å². The van der Waals surface area contributed by atoms with Gasteiger partial charge in [0.2, 0.25) is 5.78 Å². The second-order valence-corrected chi connectivity index (χ2v) is 12.3. The van der Waals surface area contributed by atoms with Crippen LogP contribution in [0.2, 0.25) is 5.02 Å². The maximum absolute atomic E-state index is 13.6.